The van der Waals surface area contributed by atoms with Gasteiger partial charge < -0.3 is 5.32 Å². The molecule has 1 heterocycles. The minimum atomic E-state index is -0.292. The first-order valence-electron chi connectivity index (χ1n) is 9.51. The van der Waals surface area contributed by atoms with Gasteiger partial charge in [-0.15, -0.1) is 0 Å². The van der Waals surface area contributed by atoms with E-state index in [1.54, 1.807) is 18.2 Å². The van der Waals surface area contributed by atoms with E-state index in [9.17, 15) is 9.59 Å². The van der Waals surface area contributed by atoms with Gasteiger partial charge in [0.1, 0.15) is 0 Å². The molecular weight excluding hydrogens is 360 g/mol. The summed E-state index contributed by atoms with van der Waals surface area (Å²) >= 11 is 0. The lowest BCUT2D eigenvalue weighted by molar-refractivity contribution is 0.0893. The molecule has 0 saturated heterocycles. The number of hydrogen-bond donors (Lipinski definition) is 1. The van der Waals surface area contributed by atoms with Crippen LogP contribution in [0.2, 0.25) is 0 Å². The molecule has 4 aromatic carbocycles. The standard InChI is InChI=1S/C25H18N2O2/c28-24-20-13-7-12-19-22(26-16-17-8-3-1-4-9-17)15-14-21(23(19)20)25(29)27(24)18-10-5-2-6-11-18/h1-15,26H,16H2. The highest BCUT2D eigenvalue weighted by atomic mass is 16.2. The number of rotatable bonds is 4. The van der Waals surface area contributed by atoms with Crippen molar-refractivity contribution in [3.63, 3.8) is 0 Å². The molecule has 2 amide bonds. The van der Waals surface area contributed by atoms with Crippen LogP contribution in [-0.2, 0) is 6.54 Å². The zero-order chi connectivity index (χ0) is 19.8. The van der Waals surface area contributed by atoms with Crippen molar-refractivity contribution >= 4 is 34.0 Å². The summed E-state index contributed by atoms with van der Waals surface area (Å²) in [5, 5.41) is 5.04. The maximum atomic E-state index is 13.2. The average Bonchev–Trinajstić information content (AvgIpc) is 2.78. The van der Waals surface area contributed by atoms with Crippen molar-refractivity contribution in [2.45, 2.75) is 6.54 Å². The van der Waals surface area contributed by atoms with Gasteiger partial charge in [0.25, 0.3) is 11.8 Å². The monoisotopic (exact) mass is 378 g/mol. The summed E-state index contributed by atoms with van der Waals surface area (Å²) in [6, 6.07) is 28.5. The molecule has 0 saturated carbocycles. The van der Waals surface area contributed by atoms with Crippen LogP contribution in [0.1, 0.15) is 26.3 Å². The largest absolute Gasteiger partial charge is 0.380 e. The van der Waals surface area contributed by atoms with Crippen molar-refractivity contribution in [1.29, 1.82) is 0 Å². The van der Waals surface area contributed by atoms with Crippen molar-refractivity contribution in [2.24, 2.45) is 0 Å². The maximum absolute atomic E-state index is 13.2. The first-order chi connectivity index (χ1) is 14.2. The number of nitrogens with one attached hydrogen (secondary N) is 1. The smallest absolute Gasteiger partial charge is 0.265 e. The molecule has 0 aromatic heterocycles. The van der Waals surface area contributed by atoms with E-state index in [-0.39, 0.29) is 11.8 Å². The molecule has 0 bridgehead atoms. The van der Waals surface area contributed by atoms with Gasteiger partial charge in [0.2, 0.25) is 0 Å². The average molecular weight is 378 g/mol. The third-order valence-electron chi connectivity index (χ3n) is 5.25. The Balaban J connectivity index is 1.59. The molecule has 1 N–H and O–H groups in total. The van der Waals surface area contributed by atoms with Gasteiger partial charge in [0.15, 0.2) is 0 Å². The van der Waals surface area contributed by atoms with Gasteiger partial charge in [0.05, 0.1) is 5.69 Å². The van der Waals surface area contributed by atoms with E-state index in [0.29, 0.717) is 28.7 Å². The summed E-state index contributed by atoms with van der Waals surface area (Å²) in [5.41, 5.74) is 3.74. The molecule has 1 aliphatic heterocycles. The Morgan fingerprint density at radius 3 is 2.03 bits per heavy atom. The SMILES string of the molecule is O=C1c2cccc3c(NCc4ccccc4)ccc(c23)C(=O)N1c1ccccc1. The summed E-state index contributed by atoms with van der Waals surface area (Å²) in [5.74, 6) is -0.584. The molecule has 5 rings (SSSR count). The van der Waals surface area contributed by atoms with Gasteiger partial charge in [-0.3, -0.25) is 9.59 Å². The molecule has 0 fully saturated rings. The van der Waals surface area contributed by atoms with Crippen LogP contribution in [0.3, 0.4) is 0 Å². The lowest BCUT2D eigenvalue weighted by atomic mass is 9.92. The highest BCUT2D eigenvalue weighted by Crippen LogP contribution is 2.36. The van der Waals surface area contributed by atoms with Gasteiger partial charge >= 0.3 is 0 Å². The number of imide groups is 1. The molecule has 0 radical (unpaired) electrons. The fourth-order valence-electron chi connectivity index (χ4n) is 3.86. The molecular formula is C25H18N2O2. The summed E-state index contributed by atoms with van der Waals surface area (Å²) in [6.45, 7) is 0.664. The number of carbonyl (C=O) groups is 2. The maximum Gasteiger partial charge on any atom is 0.265 e. The summed E-state index contributed by atoms with van der Waals surface area (Å²) < 4.78 is 0. The third kappa shape index (κ3) is 2.86. The molecule has 4 nitrogen and oxygen atoms in total. The highest BCUT2D eigenvalue weighted by Gasteiger charge is 2.34. The number of benzene rings is 4. The Morgan fingerprint density at radius 1 is 0.655 bits per heavy atom. The van der Waals surface area contributed by atoms with E-state index in [4.69, 9.17) is 0 Å². The number of nitrogens with zero attached hydrogens (tertiary/aromatic N) is 1. The van der Waals surface area contributed by atoms with Gasteiger partial charge in [0, 0.05) is 34.1 Å². The second kappa shape index (κ2) is 6.91. The zero-order valence-corrected chi connectivity index (χ0v) is 15.6. The second-order valence-corrected chi connectivity index (χ2v) is 7.01. The number of amides is 2. The highest BCUT2D eigenvalue weighted by molar-refractivity contribution is 6.36. The Kier molecular flexibility index (Phi) is 4.10. The van der Waals surface area contributed by atoms with E-state index < -0.39 is 0 Å². The molecule has 0 unspecified atom stereocenters. The molecule has 140 valence electrons. The van der Waals surface area contributed by atoms with E-state index in [1.807, 2.05) is 60.7 Å². The molecule has 4 aromatic rings. The first-order valence-corrected chi connectivity index (χ1v) is 9.51. The van der Waals surface area contributed by atoms with Gasteiger partial charge in [-0.25, -0.2) is 4.90 Å². The first kappa shape index (κ1) is 17.2. The van der Waals surface area contributed by atoms with Crippen LogP contribution in [0.5, 0.6) is 0 Å². The molecule has 0 aliphatic carbocycles. The van der Waals surface area contributed by atoms with E-state index in [2.05, 4.69) is 17.4 Å². The molecule has 0 atom stereocenters. The van der Waals surface area contributed by atoms with Crippen molar-refractivity contribution < 1.29 is 9.59 Å². The third-order valence-corrected chi connectivity index (χ3v) is 5.25. The van der Waals surface area contributed by atoms with Crippen LogP contribution in [0.4, 0.5) is 11.4 Å². The Hall–Kier alpha value is -3.92. The summed E-state index contributed by atoms with van der Waals surface area (Å²) in [6.07, 6.45) is 0. The Labute approximate surface area is 168 Å². The number of para-hydroxylation sites is 1. The number of anilines is 2. The molecule has 1 aliphatic rings. The normalized spacial score (nSPS) is 13.0. The predicted octanol–water partition coefficient (Wildman–Crippen LogP) is 5.25. The predicted molar refractivity (Wildman–Crippen MR) is 115 cm³/mol. The quantitative estimate of drug-likeness (QED) is 0.493. The molecule has 4 heteroatoms. The second-order valence-electron chi connectivity index (χ2n) is 7.01. The van der Waals surface area contributed by atoms with Crippen molar-refractivity contribution in [2.75, 3.05) is 10.2 Å². The fourth-order valence-corrected chi connectivity index (χ4v) is 3.86. The van der Waals surface area contributed by atoms with Crippen LogP contribution >= 0.6 is 0 Å². The van der Waals surface area contributed by atoms with Crippen molar-refractivity contribution in [3.05, 3.63) is 108 Å². The topological polar surface area (TPSA) is 49.4 Å². The lowest BCUT2D eigenvalue weighted by Crippen LogP contribution is -2.40. The van der Waals surface area contributed by atoms with E-state index >= 15 is 0 Å². The number of carbonyl (C=O) groups excluding carboxylic acids is 2. The van der Waals surface area contributed by atoms with Crippen LogP contribution in [0.15, 0.2) is 91.0 Å². The lowest BCUT2D eigenvalue weighted by Gasteiger charge is -2.28. The minimum absolute atomic E-state index is 0.292. The van der Waals surface area contributed by atoms with Gasteiger partial charge in [-0.2, -0.15) is 0 Å². The van der Waals surface area contributed by atoms with Gasteiger partial charge in [-0.05, 0) is 35.9 Å². The summed E-state index contributed by atoms with van der Waals surface area (Å²) in [4.78, 5) is 27.6. The van der Waals surface area contributed by atoms with Crippen LogP contribution in [0, 0.1) is 0 Å². The van der Waals surface area contributed by atoms with Crippen LogP contribution in [-0.4, -0.2) is 11.8 Å². The zero-order valence-electron chi connectivity index (χ0n) is 15.6. The van der Waals surface area contributed by atoms with Crippen LogP contribution in [0.25, 0.3) is 10.8 Å². The van der Waals surface area contributed by atoms with Crippen molar-refractivity contribution in [3.8, 4) is 0 Å². The van der Waals surface area contributed by atoms with Crippen molar-refractivity contribution in [1.82, 2.24) is 0 Å². The van der Waals surface area contributed by atoms with Crippen LogP contribution < -0.4 is 10.2 Å². The minimum Gasteiger partial charge on any atom is -0.380 e. The van der Waals surface area contributed by atoms with E-state index in [1.165, 1.54) is 4.90 Å². The number of hydrogen-bond acceptors (Lipinski definition) is 3. The Bertz CT molecular complexity index is 1210. The Morgan fingerprint density at radius 2 is 1.31 bits per heavy atom. The molecule has 29 heavy (non-hydrogen) atoms. The van der Waals surface area contributed by atoms with Gasteiger partial charge in [-0.1, -0.05) is 60.7 Å². The summed E-state index contributed by atoms with van der Waals surface area (Å²) in [7, 11) is 0. The van der Waals surface area contributed by atoms with E-state index in [0.717, 1.165) is 16.6 Å². The fraction of sp³-hybridized carbons (Fsp3) is 0.0400. The molecule has 0 spiro atoms.